The molecule has 1 aromatic rings. The van der Waals surface area contributed by atoms with Gasteiger partial charge in [-0.05, 0) is 37.5 Å². The van der Waals surface area contributed by atoms with Crippen molar-refractivity contribution in [1.29, 1.82) is 0 Å². The Labute approximate surface area is 115 Å². The molecule has 0 spiro atoms. The third-order valence-corrected chi connectivity index (χ3v) is 3.03. The zero-order chi connectivity index (χ0) is 14.3. The molecule has 0 saturated carbocycles. The summed E-state index contributed by atoms with van der Waals surface area (Å²) in [6.07, 6.45) is 0.531. The van der Waals surface area contributed by atoms with Crippen LogP contribution in [-0.4, -0.2) is 25.2 Å². The maximum atomic E-state index is 11.8. The van der Waals surface area contributed by atoms with Crippen LogP contribution >= 0.6 is 0 Å². The summed E-state index contributed by atoms with van der Waals surface area (Å²) in [6.45, 7) is 7.16. The van der Waals surface area contributed by atoms with Gasteiger partial charge in [-0.15, -0.1) is 0 Å². The molecule has 0 aliphatic heterocycles. The minimum absolute atomic E-state index is 0.0517. The van der Waals surface area contributed by atoms with Crippen LogP contribution in [0.25, 0.3) is 0 Å². The number of nitrogens with two attached hydrogens (primary N) is 1. The van der Waals surface area contributed by atoms with Crippen LogP contribution in [0, 0.1) is 0 Å². The molecular formula is C15H24N2O2. The number of nitrogens with one attached hydrogen (secondary N) is 1. The van der Waals surface area contributed by atoms with E-state index in [1.54, 1.807) is 0 Å². The summed E-state index contributed by atoms with van der Waals surface area (Å²) in [6, 6.07) is 7.66. The number of nitrogen functional groups attached to an aromatic ring is 1. The lowest BCUT2D eigenvalue weighted by Crippen LogP contribution is -2.32. The number of carbonyl (C=O) groups is 1. The van der Waals surface area contributed by atoms with Crippen LogP contribution in [0.15, 0.2) is 24.3 Å². The third-order valence-electron chi connectivity index (χ3n) is 3.03. The number of ether oxygens (including phenoxy) is 1. The molecule has 4 nitrogen and oxygen atoms in total. The largest absolute Gasteiger partial charge is 0.399 e. The molecule has 1 amide bonds. The van der Waals surface area contributed by atoms with Crippen LogP contribution in [0.2, 0.25) is 0 Å². The summed E-state index contributed by atoms with van der Waals surface area (Å²) in [5.74, 6) is 0.235. The Morgan fingerprint density at radius 1 is 1.32 bits per heavy atom. The summed E-state index contributed by atoms with van der Waals surface area (Å²) in [7, 11) is 0. The second kappa shape index (κ2) is 7.79. The van der Waals surface area contributed by atoms with Crippen LogP contribution < -0.4 is 11.1 Å². The van der Waals surface area contributed by atoms with Crippen molar-refractivity contribution in [3.8, 4) is 0 Å². The highest BCUT2D eigenvalue weighted by molar-refractivity contribution is 5.76. The molecule has 0 aliphatic rings. The van der Waals surface area contributed by atoms with Crippen LogP contribution in [0.3, 0.4) is 0 Å². The van der Waals surface area contributed by atoms with E-state index in [1.165, 1.54) is 0 Å². The fourth-order valence-corrected chi connectivity index (χ4v) is 1.89. The Morgan fingerprint density at radius 3 is 2.53 bits per heavy atom. The van der Waals surface area contributed by atoms with Gasteiger partial charge in [0.25, 0.3) is 0 Å². The average molecular weight is 264 g/mol. The summed E-state index contributed by atoms with van der Waals surface area (Å²) in [5, 5.41) is 2.89. The molecule has 0 fully saturated rings. The smallest absolute Gasteiger partial charge is 0.220 e. The fraction of sp³-hybridized carbons (Fsp3) is 0.533. The van der Waals surface area contributed by atoms with Gasteiger partial charge in [-0.3, -0.25) is 4.79 Å². The predicted octanol–water partition coefficient (Wildman–Crippen LogP) is 2.30. The van der Waals surface area contributed by atoms with E-state index >= 15 is 0 Å². The summed E-state index contributed by atoms with van der Waals surface area (Å²) in [4.78, 5) is 11.8. The van der Waals surface area contributed by atoms with Crippen molar-refractivity contribution in [1.82, 2.24) is 5.32 Å². The summed E-state index contributed by atoms with van der Waals surface area (Å²) < 4.78 is 5.37. The van der Waals surface area contributed by atoms with Gasteiger partial charge >= 0.3 is 0 Å². The van der Waals surface area contributed by atoms with Crippen molar-refractivity contribution in [3.05, 3.63) is 29.8 Å². The Bertz CT molecular complexity index is 390. The maximum absolute atomic E-state index is 11.8. The lowest BCUT2D eigenvalue weighted by atomic mass is 9.97. The molecule has 0 heterocycles. The standard InChI is InChI=1S/C15H24N2O2/c1-4-19-12(3)10-17-15(18)9-11(2)13-5-7-14(16)8-6-13/h5-8,11-12H,4,9-10,16H2,1-3H3,(H,17,18). The number of rotatable bonds is 7. The number of amides is 1. The Hall–Kier alpha value is -1.55. The van der Waals surface area contributed by atoms with Gasteiger partial charge in [-0.25, -0.2) is 0 Å². The van der Waals surface area contributed by atoms with Gasteiger partial charge in [-0.1, -0.05) is 19.1 Å². The topological polar surface area (TPSA) is 64.3 Å². The first-order valence-electron chi connectivity index (χ1n) is 6.76. The minimum Gasteiger partial charge on any atom is -0.399 e. The minimum atomic E-state index is 0.0517. The van der Waals surface area contributed by atoms with E-state index in [0.717, 1.165) is 11.3 Å². The zero-order valence-electron chi connectivity index (χ0n) is 12.0. The Balaban J connectivity index is 2.37. The Morgan fingerprint density at radius 2 is 1.95 bits per heavy atom. The van der Waals surface area contributed by atoms with E-state index in [2.05, 4.69) is 5.32 Å². The van der Waals surface area contributed by atoms with Crippen LogP contribution in [-0.2, 0) is 9.53 Å². The highest BCUT2D eigenvalue weighted by Crippen LogP contribution is 2.19. The van der Waals surface area contributed by atoms with E-state index < -0.39 is 0 Å². The molecule has 2 atom stereocenters. The van der Waals surface area contributed by atoms with Gasteiger partial charge in [-0.2, -0.15) is 0 Å². The predicted molar refractivity (Wildman–Crippen MR) is 78.0 cm³/mol. The van der Waals surface area contributed by atoms with E-state index in [4.69, 9.17) is 10.5 Å². The van der Waals surface area contributed by atoms with E-state index in [0.29, 0.717) is 19.6 Å². The van der Waals surface area contributed by atoms with Crippen LogP contribution in [0.1, 0.15) is 38.7 Å². The molecule has 0 aliphatic carbocycles. The molecule has 4 heteroatoms. The Kier molecular flexibility index (Phi) is 6.36. The zero-order valence-corrected chi connectivity index (χ0v) is 12.0. The molecule has 2 unspecified atom stereocenters. The first-order valence-corrected chi connectivity index (χ1v) is 6.76. The van der Waals surface area contributed by atoms with Gasteiger partial charge in [0, 0.05) is 25.3 Å². The van der Waals surface area contributed by atoms with E-state index in [1.807, 2.05) is 45.0 Å². The molecule has 106 valence electrons. The number of hydrogen-bond acceptors (Lipinski definition) is 3. The van der Waals surface area contributed by atoms with Gasteiger partial charge in [0.1, 0.15) is 0 Å². The highest BCUT2D eigenvalue weighted by Gasteiger charge is 2.12. The van der Waals surface area contributed by atoms with Crippen molar-refractivity contribution < 1.29 is 9.53 Å². The van der Waals surface area contributed by atoms with Crippen molar-refractivity contribution in [2.75, 3.05) is 18.9 Å². The molecule has 0 radical (unpaired) electrons. The highest BCUT2D eigenvalue weighted by atomic mass is 16.5. The van der Waals surface area contributed by atoms with Crippen LogP contribution in [0.4, 0.5) is 5.69 Å². The molecule has 0 saturated heterocycles. The molecule has 1 aromatic carbocycles. The lowest BCUT2D eigenvalue weighted by molar-refractivity contribution is -0.122. The molecule has 0 bridgehead atoms. The van der Waals surface area contributed by atoms with E-state index in [9.17, 15) is 4.79 Å². The molecule has 19 heavy (non-hydrogen) atoms. The van der Waals surface area contributed by atoms with Gasteiger partial charge in [0.2, 0.25) is 5.91 Å². The number of carbonyl (C=O) groups excluding carboxylic acids is 1. The van der Waals surface area contributed by atoms with Gasteiger partial charge in [0.05, 0.1) is 6.10 Å². The maximum Gasteiger partial charge on any atom is 0.220 e. The molecular weight excluding hydrogens is 240 g/mol. The first kappa shape index (κ1) is 15.5. The number of hydrogen-bond donors (Lipinski definition) is 2. The van der Waals surface area contributed by atoms with Crippen LogP contribution in [0.5, 0.6) is 0 Å². The van der Waals surface area contributed by atoms with Gasteiger partial charge < -0.3 is 15.8 Å². The van der Waals surface area contributed by atoms with E-state index in [-0.39, 0.29) is 17.9 Å². The van der Waals surface area contributed by atoms with Crippen molar-refractivity contribution in [3.63, 3.8) is 0 Å². The molecule has 0 aromatic heterocycles. The number of anilines is 1. The second-order valence-electron chi connectivity index (χ2n) is 4.84. The third kappa shape index (κ3) is 5.75. The summed E-state index contributed by atoms with van der Waals surface area (Å²) in [5.41, 5.74) is 7.51. The van der Waals surface area contributed by atoms with Crippen molar-refractivity contribution in [2.24, 2.45) is 0 Å². The molecule has 1 rings (SSSR count). The second-order valence-corrected chi connectivity index (χ2v) is 4.84. The normalized spacial score (nSPS) is 13.8. The quantitative estimate of drug-likeness (QED) is 0.743. The lowest BCUT2D eigenvalue weighted by Gasteiger charge is -2.15. The van der Waals surface area contributed by atoms with Crippen molar-refractivity contribution >= 4 is 11.6 Å². The monoisotopic (exact) mass is 264 g/mol. The number of benzene rings is 1. The average Bonchev–Trinajstić information content (AvgIpc) is 2.37. The summed E-state index contributed by atoms with van der Waals surface area (Å²) >= 11 is 0. The van der Waals surface area contributed by atoms with Gasteiger partial charge in [0.15, 0.2) is 0 Å². The first-order chi connectivity index (χ1) is 9.02. The molecule has 3 N–H and O–H groups in total. The fourth-order valence-electron chi connectivity index (χ4n) is 1.89. The van der Waals surface area contributed by atoms with Crippen molar-refractivity contribution in [2.45, 2.75) is 39.2 Å². The SMILES string of the molecule is CCOC(C)CNC(=O)CC(C)c1ccc(N)cc1.